The molecule has 114 heavy (non-hydrogen) atoms. The van der Waals surface area contributed by atoms with Gasteiger partial charge in [-0.2, -0.15) is 5.01 Å². The summed E-state index contributed by atoms with van der Waals surface area (Å²) in [7, 11) is 0. The molecule has 29 heteroatoms. The highest BCUT2D eigenvalue weighted by Crippen LogP contribution is 2.21. The number of fused-ring (bicyclic) bond motifs is 1. The fourth-order valence-corrected chi connectivity index (χ4v) is 13.3. The quantitative estimate of drug-likeness (QED) is 0.0147. The van der Waals surface area contributed by atoms with Crippen LogP contribution in [0.1, 0.15) is 250 Å². The highest BCUT2D eigenvalue weighted by atomic mass is 16.6. The van der Waals surface area contributed by atoms with Crippen molar-refractivity contribution in [3.8, 4) is 0 Å². The van der Waals surface area contributed by atoms with Crippen molar-refractivity contribution >= 4 is 75.9 Å². The Morgan fingerprint density at radius 1 is 0.482 bits per heavy atom. The van der Waals surface area contributed by atoms with E-state index in [1.54, 1.807) is 36.5 Å². The summed E-state index contributed by atoms with van der Waals surface area (Å²) in [6.07, 6.45) is 39.1. The van der Waals surface area contributed by atoms with Gasteiger partial charge in [-0.3, -0.25) is 52.7 Å². The summed E-state index contributed by atoms with van der Waals surface area (Å²) in [5, 5.41) is 29.9. The van der Waals surface area contributed by atoms with Gasteiger partial charge in [-0.05, 0) is 133 Å². The summed E-state index contributed by atoms with van der Waals surface area (Å²) in [5.74, 6) is -6.83. The number of hydrazine groups is 1. The smallest absolute Gasteiger partial charge is 0.265 e. The molecule has 0 bridgehead atoms. The van der Waals surface area contributed by atoms with Crippen LogP contribution in [0.5, 0.6) is 0 Å². The number of hydrogen-bond acceptors (Lipinski definition) is 16. The number of rotatable bonds is 63. The number of carbonyl (C=O) groups is 11. The average molecular weight is 1590 g/mol. The number of aromatic nitrogens is 3. The molecule has 5 rings (SSSR count). The van der Waals surface area contributed by atoms with Crippen LogP contribution in [0.3, 0.4) is 0 Å². The minimum atomic E-state index is -1.52. The van der Waals surface area contributed by atoms with E-state index in [-0.39, 0.29) is 57.0 Å². The number of nitrogens with zero attached hydrogens (tertiary/aromatic N) is 2. The molecule has 2 aromatic heterocycles. The maximum atomic E-state index is 14.7. The number of benzene rings is 2. The second-order valence-electron chi connectivity index (χ2n) is 29.8. The van der Waals surface area contributed by atoms with E-state index in [9.17, 15) is 52.7 Å². The van der Waals surface area contributed by atoms with Gasteiger partial charge < -0.3 is 79.3 Å². The van der Waals surface area contributed by atoms with Crippen LogP contribution < -0.4 is 70.1 Å². The minimum absolute atomic E-state index is 0.0550. The first-order valence-corrected chi connectivity index (χ1v) is 42.3. The number of allylic oxidation sites excluding steroid dienone is 4. The Morgan fingerprint density at radius 2 is 0.974 bits per heavy atom. The predicted molar refractivity (Wildman–Crippen MR) is 444 cm³/mol. The number of imidazole rings is 1. The average Bonchev–Trinajstić information content (AvgIpc) is 1.68. The maximum absolute atomic E-state index is 14.7. The van der Waals surface area contributed by atoms with Gasteiger partial charge in [0.15, 0.2) is 0 Å². The van der Waals surface area contributed by atoms with Crippen LogP contribution in [0.4, 0.5) is 0 Å². The number of nitrogens with two attached hydrogens (primary N) is 2. The van der Waals surface area contributed by atoms with Gasteiger partial charge in [0.05, 0.1) is 12.9 Å². The van der Waals surface area contributed by atoms with Crippen LogP contribution in [0.25, 0.3) is 10.9 Å². The Kier molecular flexibility index (Phi) is 48.2. The van der Waals surface area contributed by atoms with E-state index in [1.807, 2.05) is 31.2 Å². The molecular weight excluding hydrogens is 1450 g/mol. The molecule has 4 aromatic rings. The molecule has 1 aliphatic rings. The molecule has 2 aromatic carbocycles. The monoisotopic (exact) mass is 1590 g/mol. The molecule has 11 amide bonds. The fraction of sp³-hybridized carbons (Fsp3) is 0.624. The number of nitrogens with one attached hydrogen (secondary N) is 13. The standard InChI is InChI=1S/C85H135N17O12/c1-5-8-11-13-15-17-19-21-23-25-27-29-34-48-73(103)89-51-40-53-91-82(112)84-101-102(85(114-84)83(113)92-54-41-52-90-74(104)49-35-30-28-26-24-22-20-18-16-14-12-9-6-2)60-75(105)96-68(45-10-7-3)78(108)95-62(4)77(107)99-72(57-65-59-88-61-94-65)81(111)100-71(55-63-42-32-31-33-43-63)80(110)97-69(47-38-39-50-86)79(109)98-70(76(87)106)56-64-58-93-67-46-37-36-44-66(64)67/h17-20,31-33,36-37,42-44,46,58-59,61-62,68-72,84-85,93,101H,5-16,21-30,34-35,38-41,45,47-57,60,86H2,1-4H3,(H2,87,106)(H,88,94)(H,89,103)(H,90,104)(H,91,112)(H,92,113)(H,95,108)(H,96,105)(H,97,110)(H,98,109)(H,99,107)(H,100,111)/b19-17-,20-18-/t62-,68-,69-,70-,71+,72-,84?,85?/m0/s1. The lowest BCUT2D eigenvalue weighted by molar-refractivity contribution is -0.144. The predicted octanol–water partition coefficient (Wildman–Crippen LogP) is 7.90. The normalized spacial score (nSPS) is 15.1. The maximum Gasteiger partial charge on any atom is 0.265 e. The van der Waals surface area contributed by atoms with E-state index in [0.717, 1.165) is 111 Å². The Labute approximate surface area is 675 Å². The van der Waals surface area contributed by atoms with Crippen molar-refractivity contribution in [1.82, 2.24) is 78.6 Å². The highest BCUT2D eigenvalue weighted by molar-refractivity contribution is 5.98. The van der Waals surface area contributed by atoms with Gasteiger partial charge in [-0.1, -0.05) is 183 Å². The fourth-order valence-electron chi connectivity index (χ4n) is 13.3. The Hall–Kier alpha value is -9.32. The first-order valence-electron chi connectivity index (χ1n) is 42.3. The van der Waals surface area contributed by atoms with Gasteiger partial charge in [-0.15, -0.1) is 0 Å². The Morgan fingerprint density at radius 3 is 1.55 bits per heavy atom. The van der Waals surface area contributed by atoms with Crippen molar-refractivity contribution in [1.29, 1.82) is 0 Å². The van der Waals surface area contributed by atoms with Crippen LogP contribution in [0.15, 0.2) is 97.6 Å². The molecule has 17 N–H and O–H groups in total. The molecule has 1 aliphatic heterocycles. The lowest BCUT2D eigenvalue weighted by Crippen LogP contribution is -2.60. The first kappa shape index (κ1) is 95.3. The first-order chi connectivity index (χ1) is 55.3. The SMILES string of the molecule is CCCCCC/C=C\CCCCCCCC(=O)NCCCNC(=O)C1NN(CC(=O)N[C@@H](CCCC)C(=O)N[C@@H](C)C(=O)N[C@@H](Cc2cnc[nH]2)C(=O)N[C@H](Cc2ccccc2)C(=O)N[C@@H](CCCCN)C(=O)N[C@@H](Cc2c[nH]c3ccccc23)C(N)=O)C(C(=O)NCCCNC(=O)CCCCCCC/C=C\CCCCCC)O1. The number of H-pyrrole nitrogens is 2. The van der Waals surface area contributed by atoms with Crippen molar-refractivity contribution in [3.05, 3.63) is 114 Å². The van der Waals surface area contributed by atoms with E-state index in [2.05, 4.69) is 112 Å². The van der Waals surface area contributed by atoms with E-state index >= 15 is 0 Å². The third kappa shape index (κ3) is 39.1. The van der Waals surface area contributed by atoms with E-state index < -0.39 is 108 Å². The number of para-hydroxylation sites is 1. The zero-order chi connectivity index (χ0) is 82.3. The molecule has 1 fully saturated rings. The van der Waals surface area contributed by atoms with E-state index in [4.69, 9.17) is 16.2 Å². The molecule has 0 radical (unpaired) electrons. The van der Waals surface area contributed by atoms with Gasteiger partial charge in [-0.25, -0.2) is 10.4 Å². The second kappa shape index (κ2) is 57.7. The van der Waals surface area contributed by atoms with Crippen molar-refractivity contribution in [3.63, 3.8) is 0 Å². The molecule has 1 saturated heterocycles. The number of hydrogen-bond donors (Lipinski definition) is 15. The van der Waals surface area contributed by atoms with Crippen molar-refractivity contribution in [2.24, 2.45) is 11.5 Å². The Balaban J connectivity index is 1.19. The van der Waals surface area contributed by atoms with Gasteiger partial charge in [0, 0.05) is 87.3 Å². The molecule has 29 nitrogen and oxygen atoms in total. The van der Waals surface area contributed by atoms with Crippen LogP contribution in [0, 0.1) is 0 Å². The van der Waals surface area contributed by atoms with Gasteiger partial charge in [0.1, 0.15) is 36.3 Å². The highest BCUT2D eigenvalue weighted by Gasteiger charge is 2.42. The van der Waals surface area contributed by atoms with Crippen molar-refractivity contribution in [2.45, 2.75) is 301 Å². The Bertz CT molecular complexity index is 3540. The van der Waals surface area contributed by atoms with Gasteiger partial charge >= 0.3 is 0 Å². The van der Waals surface area contributed by atoms with Crippen molar-refractivity contribution in [2.75, 3.05) is 39.3 Å². The minimum Gasteiger partial charge on any atom is -0.368 e. The van der Waals surface area contributed by atoms with Crippen LogP contribution in [0.2, 0.25) is 0 Å². The number of carbonyl (C=O) groups excluding carboxylic acids is 11. The third-order valence-electron chi connectivity index (χ3n) is 20.0. The van der Waals surface area contributed by atoms with E-state index in [1.165, 1.54) is 70.8 Å². The summed E-state index contributed by atoms with van der Waals surface area (Å²) in [5.41, 5.74) is 17.2. The molecule has 632 valence electrons. The summed E-state index contributed by atoms with van der Waals surface area (Å²) >= 11 is 0. The van der Waals surface area contributed by atoms with Crippen LogP contribution >= 0.6 is 0 Å². The lowest BCUT2D eigenvalue weighted by atomic mass is 10.0. The zero-order valence-electron chi connectivity index (χ0n) is 68.3. The van der Waals surface area contributed by atoms with Crippen molar-refractivity contribution < 1.29 is 57.5 Å². The van der Waals surface area contributed by atoms with Crippen LogP contribution in [-0.4, -0.2) is 173 Å². The molecule has 3 heterocycles. The summed E-state index contributed by atoms with van der Waals surface area (Å²) in [6, 6.07) is 8.63. The molecular formula is C85H135N17O12. The van der Waals surface area contributed by atoms with E-state index in [0.29, 0.717) is 82.3 Å². The topological polar surface area (TPSA) is 429 Å². The summed E-state index contributed by atoms with van der Waals surface area (Å²) in [4.78, 5) is 163. The van der Waals surface area contributed by atoms with Gasteiger partial charge in [0.25, 0.3) is 11.8 Å². The number of aromatic amines is 2. The van der Waals surface area contributed by atoms with Gasteiger partial charge in [0.2, 0.25) is 65.6 Å². The number of ether oxygens (including phenoxy) is 1. The van der Waals surface area contributed by atoms with Crippen LogP contribution in [-0.2, 0) is 76.7 Å². The molecule has 0 saturated carbocycles. The zero-order valence-corrected chi connectivity index (χ0v) is 68.3. The summed E-state index contributed by atoms with van der Waals surface area (Å²) in [6.45, 7) is 8.31. The number of primary amides is 1. The third-order valence-corrected chi connectivity index (χ3v) is 20.0. The number of amides is 11. The second-order valence-corrected chi connectivity index (χ2v) is 29.8. The largest absolute Gasteiger partial charge is 0.368 e. The molecule has 0 spiro atoms. The molecule has 2 unspecified atom stereocenters. The molecule has 8 atom stereocenters. The number of unbranched alkanes of at least 4 members (excludes halogenated alkanes) is 20. The lowest BCUT2D eigenvalue weighted by Gasteiger charge is -2.27. The molecule has 0 aliphatic carbocycles. The summed E-state index contributed by atoms with van der Waals surface area (Å²) < 4.78 is 5.99.